The van der Waals surface area contributed by atoms with Gasteiger partial charge in [0, 0.05) is 11.1 Å². The number of sulfonamides is 1. The first-order valence-electron chi connectivity index (χ1n) is 3.61. The van der Waals surface area contributed by atoms with Crippen LogP contribution in [-0.4, -0.2) is 8.42 Å². The predicted molar refractivity (Wildman–Crippen MR) is 53.6 cm³/mol. The van der Waals surface area contributed by atoms with Gasteiger partial charge >= 0.3 is 0 Å². The first-order valence-corrected chi connectivity index (χ1v) is 5.15. The summed E-state index contributed by atoms with van der Waals surface area (Å²) in [6, 6.07) is 6.73. The van der Waals surface area contributed by atoms with Gasteiger partial charge in [-0.15, -0.1) is 0 Å². The van der Waals surface area contributed by atoms with Crippen LogP contribution in [0.15, 0.2) is 36.3 Å². The zero-order chi connectivity index (χ0) is 9.90. The molecule has 0 fully saturated rings. The fourth-order valence-electron chi connectivity index (χ4n) is 0.779. The Labute approximate surface area is 78.1 Å². The number of hydrogen-bond acceptors (Lipinski definition) is 2. The molecular weight excluding hydrogens is 186 g/mol. The summed E-state index contributed by atoms with van der Waals surface area (Å²) in [7, 11) is -3.39. The largest absolute Gasteiger partial charge is 0.280 e. The zero-order valence-electron chi connectivity index (χ0n) is 7.03. The minimum atomic E-state index is -3.39. The van der Waals surface area contributed by atoms with Crippen LogP contribution in [0.5, 0.6) is 0 Å². The lowest BCUT2D eigenvalue weighted by Crippen LogP contribution is -2.07. The molecule has 1 aromatic carbocycles. The van der Waals surface area contributed by atoms with E-state index in [4.69, 9.17) is 0 Å². The minimum Gasteiger partial charge on any atom is -0.280 e. The van der Waals surface area contributed by atoms with Crippen LogP contribution in [0.1, 0.15) is 5.56 Å². The van der Waals surface area contributed by atoms with Crippen LogP contribution in [0.4, 0.5) is 5.69 Å². The van der Waals surface area contributed by atoms with Gasteiger partial charge in [-0.1, -0.05) is 18.7 Å². The van der Waals surface area contributed by atoms with Gasteiger partial charge < -0.3 is 0 Å². The molecule has 1 aromatic rings. The number of benzene rings is 1. The summed E-state index contributed by atoms with van der Waals surface area (Å²) in [4.78, 5) is 0. The summed E-state index contributed by atoms with van der Waals surface area (Å²) in [5, 5.41) is 0.866. The van der Waals surface area contributed by atoms with Gasteiger partial charge in [0.15, 0.2) is 0 Å². The Balaban J connectivity index is 2.88. The van der Waals surface area contributed by atoms with Crippen LogP contribution in [0, 0.1) is 6.92 Å². The van der Waals surface area contributed by atoms with Crippen molar-refractivity contribution in [3.63, 3.8) is 0 Å². The molecule has 0 heterocycles. The van der Waals surface area contributed by atoms with Gasteiger partial charge in [-0.25, -0.2) is 8.42 Å². The van der Waals surface area contributed by atoms with E-state index in [2.05, 4.69) is 18.2 Å². The Morgan fingerprint density at radius 1 is 1.23 bits per heavy atom. The first kappa shape index (κ1) is 9.80. The molecule has 0 aromatic heterocycles. The molecule has 1 N–H and O–H groups in total. The average molecular weight is 196 g/mol. The highest BCUT2D eigenvalue weighted by atomic mass is 32.2. The standard InChI is InChI=1S/C9H10NO2S/c1-3-13(11,12)10-9-6-4-8(2)5-7-9/h3-7,10H,1-2H2. The van der Waals surface area contributed by atoms with Gasteiger partial charge in [-0.3, -0.25) is 4.72 Å². The Bertz CT molecular complexity index is 392. The van der Waals surface area contributed by atoms with E-state index in [1.807, 2.05) is 0 Å². The van der Waals surface area contributed by atoms with E-state index in [0.29, 0.717) is 5.69 Å². The quantitative estimate of drug-likeness (QED) is 0.800. The van der Waals surface area contributed by atoms with Crippen molar-refractivity contribution in [3.8, 4) is 0 Å². The number of rotatable bonds is 3. The van der Waals surface area contributed by atoms with Crippen molar-refractivity contribution in [2.45, 2.75) is 0 Å². The first-order chi connectivity index (χ1) is 6.03. The fraction of sp³-hybridized carbons (Fsp3) is 0. The second kappa shape index (κ2) is 3.62. The lowest BCUT2D eigenvalue weighted by Gasteiger charge is -2.03. The summed E-state index contributed by atoms with van der Waals surface area (Å²) in [5.41, 5.74) is 1.34. The molecule has 13 heavy (non-hydrogen) atoms. The number of hydrogen-bond donors (Lipinski definition) is 1. The van der Waals surface area contributed by atoms with Crippen molar-refractivity contribution in [1.29, 1.82) is 0 Å². The molecule has 1 rings (SSSR count). The normalized spacial score (nSPS) is 10.8. The van der Waals surface area contributed by atoms with Gasteiger partial charge in [0.05, 0.1) is 0 Å². The molecular formula is C9H10NO2S. The Kier molecular flexibility index (Phi) is 2.72. The zero-order valence-corrected chi connectivity index (χ0v) is 7.84. The van der Waals surface area contributed by atoms with Crippen molar-refractivity contribution >= 4 is 15.7 Å². The van der Waals surface area contributed by atoms with Crippen LogP contribution in [-0.2, 0) is 10.0 Å². The summed E-state index contributed by atoms with van der Waals surface area (Å²) in [6.07, 6.45) is 0. The van der Waals surface area contributed by atoms with Gasteiger partial charge in [0.1, 0.15) is 0 Å². The third-order valence-electron chi connectivity index (χ3n) is 1.43. The summed E-state index contributed by atoms with van der Waals surface area (Å²) in [5.74, 6) is 0. The Morgan fingerprint density at radius 3 is 2.23 bits per heavy atom. The average Bonchev–Trinajstić information content (AvgIpc) is 2.09. The van der Waals surface area contributed by atoms with Gasteiger partial charge in [-0.05, 0) is 24.6 Å². The topological polar surface area (TPSA) is 46.2 Å². The van der Waals surface area contributed by atoms with Crippen molar-refractivity contribution < 1.29 is 8.42 Å². The van der Waals surface area contributed by atoms with Crippen LogP contribution in [0.3, 0.4) is 0 Å². The number of anilines is 1. The van der Waals surface area contributed by atoms with E-state index < -0.39 is 10.0 Å². The maximum Gasteiger partial charge on any atom is 0.254 e. The van der Waals surface area contributed by atoms with Crippen LogP contribution >= 0.6 is 0 Å². The monoisotopic (exact) mass is 196 g/mol. The van der Waals surface area contributed by atoms with Crippen molar-refractivity contribution in [2.75, 3.05) is 4.72 Å². The molecule has 0 aliphatic heterocycles. The third kappa shape index (κ3) is 2.91. The predicted octanol–water partition coefficient (Wildman–Crippen LogP) is 1.75. The van der Waals surface area contributed by atoms with Gasteiger partial charge in [0.25, 0.3) is 10.0 Å². The van der Waals surface area contributed by atoms with Crippen LogP contribution < -0.4 is 4.72 Å². The van der Waals surface area contributed by atoms with E-state index in [-0.39, 0.29) is 0 Å². The number of nitrogens with one attached hydrogen (secondary N) is 1. The van der Waals surface area contributed by atoms with Crippen molar-refractivity contribution in [3.05, 3.63) is 48.7 Å². The molecule has 69 valence electrons. The molecule has 0 atom stereocenters. The van der Waals surface area contributed by atoms with E-state index in [1.165, 1.54) is 0 Å². The molecule has 0 aliphatic rings. The van der Waals surface area contributed by atoms with Gasteiger partial charge in [-0.2, -0.15) is 0 Å². The Hall–Kier alpha value is -1.29. The van der Waals surface area contributed by atoms with E-state index in [1.54, 1.807) is 24.3 Å². The van der Waals surface area contributed by atoms with Crippen molar-refractivity contribution in [2.24, 2.45) is 0 Å². The molecule has 0 saturated carbocycles. The lowest BCUT2D eigenvalue weighted by atomic mass is 10.2. The molecule has 1 radical (unpaired) electrons. The third-order valence-corrected chi connectivity index (χ3v) is 2.39. The SMILES string of the molecule is [CH2]c1ccc(NS(=O)(=O)C=C)cc1. The highest BCUT2D eigenvalue weighted by Gasteiger charge is 2.02. The maximum atomic E-state index is 11.0. The minimum absolute atomic E-state index is 0.507. The van der Waals surface area contributed by atoms with Gasteiger partial charge in [0.2, 0.25) is 0 Å². The summed E-state index contributed by atoms with van der Waals surface area (Å²) < 4.78 is 24.3. The molecule has 0 saturated heterocycles. The smallest absolute Gasteiger partial charge is 0.254 e. The lowest BCUT2D eigenvalue weighted by molar-refractivity contribution is 0.609. The Morgan fingerprint density at radius 2 is 1.77 bits per heavy atom. The molecule has 0 amide bonds. The molecule has 3 nitrogen and oxygen atoms in total. The van der Waals surface area contributed by atoms with Crippen LogP contribution in [0.2, 0.25) is 0 Å². The highest BCUT2D eigenvalue weighted by molar-refractivity contribution is 7.95. The molecule has 4 heteroatoms. The molecule has 0 bridgehead atoms. The van der Waals surface area contributed by atoms with Crippen LogP contribution in [0.25, 0.3) is 0 Å². The second-order valence-corrected chi connectivity index (χ2v) is 4.14. The highest BCUT2D eigenvalue weighted by Crippen LogP contribution is 2.10. The molecule has 0 aliphatic carbocycles. The van der Waals surface area contributed by atoms with Crippen molar-refractivity contribution in [1.82, 2.24) is 0 Å². The molecule has 0 spiro atoms. The molecule has 0 unspecified atom stereocenters. The maximum absolute atomic E-state index is 11.0. The fourth-order valence-corrected chi connectivity index (χ4v) is 1.33. The summed E-state index contributed by atoms with van der Waals surface area (Å²) in [6.45, 7) is 6.86. The van der Waals surface area contributed by atoms with E-state index in [9.17, 15) is 8.42 Å². The summed E-state index contributed by atoms with van der Waals surface area (Å²) >= 11 is 0. The van der Waals surface area contributed by atoms with E-state index >= 15 is 0 Å². The van der Waals surface area contributed by atoms with E-state index in [0.717, 1.165) is 11.0 Å². The second-order valence-electron chi connectivity index (χ2n) is 2.51.